The normalized spacial score (nSPS) is 28.9. The summed E-state index contributed by atoms with van der Waals surface area (Å²) < 4.78 is 0. The maximum Gasteiger partial charge on any atom is 0.307 e. The summed E-state index contributed by atoms with van der Waals surface area (Å²) in [4.78, 5) is 23.2. The zero-order chi connectivity index (χ0) is 13.7. The fraction of sp³-hybridized carbons (Fsp3) is 0.846. The lowest BCUT2D eigenvalue weighted by molar-refractivity contribution is -0.146. The van der Waals surface area contributed by atoms with E-state index in [0.29, 0.717) is 30.6 Å². The van der Waals surface area contributed by atoms with Crippen LogP contribution in [0.4, 0.5) is 0 Å². The maximum absolute atomic E-state index is 12.1. The van der Waals surface area contributed by atoms with Gasteiger partial charge in [-0.15, -0.1) is 0 Å². The summed E-state index contributed by atoms with van der Waals surface area (Å²) in [6, 6.07) is 0. The molecule has 0 spiro atoms. The number of hydrogen-bond donors (Lipinski definition) is 2. The zero-order valence-electron chi connectivity index (χ0n) is 11.3. The van der Waals surface area contributed by atoms with E-state index in [9.17, 15) is 14.7 Å². The molecule has 4 atom stereocenters. The van der Waals surface area contributed by atoms with E-state index in [4.69, 9.17) is 0 Å². The van der Waals surface area contributed by atoms with Crippen LogP contribution in [-0.4, -0.2) is 35.0 Å². The van der Waals surface area contributed by atoms with Crippen LogP contribution in [0.15, 0.2) is 0 Å². The summed E-state index contributed by atoms with van der Waals surface area (Å²) in [5, 5.41) is 12.4. The van der Waals surface area contributed by atoms with Crippen LogP contribution in [0.3, 0.4) is 0 Å². The van der Waals surface area contributed by atoms with Crippen molar-refractivity contribution in [1.29, 1.82) is 0 Å². The van der Waals surface area contributed by atoms with Crippen LogP contribution < -0.4 is 5.32 Å². The summed E-state index contributed by atoms with van der Waals surface area (Å²) in [5.41, 5.74) is 0. The van der Waals surface area contributed by atoms with Crippen LogP contribution in [0.2, 0.25) is 0 Å². The zero-order valence-corrected chi connectivity index (χ0v) is 12.1. The third kappa shape index (κ3) is 3.90. The summed E-state index contributed by atoms with van der Waals surface area (Å²) >= 11 is 1.69. The highest BCUT2D eigenvalue weighted by molar-refractivity contribution is 7.99. The Bertz CT molecular complexity index is 309. The maximum atomic E-state index is 12.1. The quantitative estimate of drug-likeness (QED) is 0.776. The van der Waals surface area contributed by atoms with Crippen molar-refractivity contribution in [2.75, 3.05) is 12.8 Å². The number of thioether (sulfide) groups is 1. The Morgan fingerprint density at radius 1 is 1.39 bits per heavy atom. The van der Waals surface area contributed by atoms with Crippen LogP contribution in [-0.2, 0) is 9.59 Å². The topological polar surface area (TPSA) is 66.4 Å². The molecule has 0 aliphatic heterocycles. The van der Waals surface area contributed by atoms with Crippen LogP contribution in [0, 0.1) is 17.8 Å². The molecule has 0 heterocycles. The van der Waals surface area contributed by atoms with E-state index in [2.05, 4.69) is 12.2 Å². The third-order valence-corrected chi connectivity index (χ3v) is 4.83. The number of carboxylic acid groups (broad SMARTS) is 1. The Hall–Kier alpha value is -0.710. The fourth-order valence-electron chi connectivity index (χ4n) is 2.50. The highest BCUT2D eigenvalue weighted by Gasteiger charge is 2.41. The summed E-state index contributed by atoms with van der Waals surface area (Å²) in [6.07, 6.45) is 4.31. The van der Waals surface area contributed by atoms with E-state index in [0.717, 1.165) is 6.42 Å². The predicted octanol–water partition coefficient (Wildman–Crippen LogP) is 1.99. The van der Waals surface area contributed by atoms with E-state index in [1.54, 1.807) is 11.8 Å². The number of aliphatic carboxylic acids is 1. The Kier molecular flexibility index (Phi) is 5.99. The van der Waals surface area contributed by atoms with Gasteiger partial charge >= 0.3 is 5.97 Å². The van der Waals surface area contributed by atoms with Crippen molar-refractivity contribution in [3.63, 3.8) is 0 Å². The van der Waals surface area contributed by atoms with Gasteiger partial charge in [-0.1, -0.05) is 20.3 Å². The molecule has 0 aromatic carbocycles. The molecule has 0 aromatic rings. The molecule has 2 unspecified atom stereocenters. The van der Waals surface area contributed by atoms with E-state index in [1.165, 1.54) is 0 Å². The van der Waals surface area contributed by atoms with Crippen LogP contribution in [0.1, 0.15) is 33.1 Å². The highest BCUT2D eigenvalue weighted by Crippen LogP contribution is 2.38. The molecule has 0 bridgehead atoms. The lowest BCUT2D eigenvalue weighted by Gasteiger charge is -2.17. The number of amides is 1. The largest absolute Gasteiger partial charge is 0.481 e. The minimum atomic E-state index is -0.830. The molecule has 18 heavy (non-hydrogen) atoms. The van der Waals surface area contributed by atoms with Crippen molar-refractivity contribution in [3.8, 4) is 0 Å². The Labute approximate surface area is 113 Å². The fourth-order valence-corrected chi connectivity index (χ4v) is 2.75. The smallest absolute Gasteiger partial charge is 0.307 e. The van der Waals surface area contributed by atoms with Crippen LogP contribution in [0.25, 0.3) is 0 Å². The highest BCUT2D eigenvalue weighted by atomic mass is 32.2. The molecule has 104 valence electrons. The molecule has 1 aliphatic carbocycles. The van der Waals surface area contributed by atoms with E-state index >= 15 is 0 Å². The van der Waals surface area contributed by atoms with Gasteiger partial charge in [0.15, 0.2) is 0 Å². The lowest BCUT2D eigenvalue weighted by Crippen LogP contribution is -2.37. The summed E-state index contributed by atoms with van der Waals surface area (Å²) in [6.45, 7) is 4.71. The Morgan fingerprint density at radius 2 is 2.00 bits per heavy atom. The lowest BCUT2D eigenvalue weighted by atomic mass is 9.95. The third-order valence-electron chi connectivity index (χ3n) is 3.86. The first kappa shape index (κ1) is 15.3. The minimum Gasteiger partial charge on any atom is -0.481 e. The number of carbonyl (C=O) groups is 2. The molecule has 4 nitrogen and oxygen atoms in total. The van der Waals surface area contributed by atoms with Crippen molar-refractivity contribution in [3.05, 3.63) is 0 Å². The molecule has 1 rings (SSSR count). The van der Waals surface area contributed by atoms with Crippen molar-refractivity contribution >= 4 is 23.6 Å². The molecule has 5 heteroatoms. The minimum absolute atomic E-state index is 0.0840. The summed E-state index contributed by atoms with van der Waals surface area (Å²) in [5.74, 6) is -1.39. The van der Waals surface area contributed by atoms with Gasteiger partial charge in [0.05, 0.1) is 11.8 Å². The van der Waals surface area contributed by atoms with Crippen molar-refractivity contribution < 1.29 is 14.7 Å². The van der Waals surface area contributed by atoms with Gasteiger partial charge in [-0.05, 0) is 25.0 Å². The molecule has 1 amide bonds. The van der Waals surface area contributed by atoms with Crippen molar-refractivity contribution in [2.45, 2.75) is 38.4 Å². The van der Waals surface area contributed by atoms with E-state index in [1.807, 2.05) is 13.2 Å². The molecular weight excluding hydrogens is 250 g/mol. The number of rotatable bonds is 6. The van der Waals surface area contributed by atoms with Gasteiger partial charge in [0.1, 0.15) is 0 Å². The first-order valence-electron chi connectivity index (χ1n) is 6.52. The number of carbonyl (C=O) groups excluding carboxylic acids is 1. The van der Waals surface area contributed by atoms with Gasteiger partial charge in [-0.2, -0.15) is 11.8 Å². The molecule has 0 radical (unpaired) electrons. The first-order valence-corrected chi connectivity index (χ1v) is 7.81. The second kappa shape index (κ2) is 7.02. The molecular formula is C13H23NO3S. The second-order valence-electron chi connectivity index (χ2n) is 5.09. The van der Waals surface area contributed by atoms with Crippen LogP contribution in [0.5, 0.6) is 0 Å². The summed E-state index contributed by atoms with van der Waals surface area (Å²) in [7, 11) is 0. The van der Waals surface area contributed by atoms with E-state index < -0.39 is 11.9 Å². The monoisotopic (exact) mass is 273 g/mol. The molecule has 0 saturated heterocycles. The van der Waals surface area contributed by atoms with E-state index in [-0.39, 0.29) is 11.8 Å². The van der Waals surface area contributed by atoms with Gasteiger partial charge < -0.3 is 10.4 Å². The van der Waals surface area contributed by atoms with Crippen molar-refractivity contribution in [2.24, 2.45) is 17.8 Å². The second-order valence-corrected chi connectivity index (χ2v) is 6.36. The van der Waals surface area contributed by atoms with Gasteiger partial charge in [0.2, 0.25) is 5.91 Å². The van der Waals surface area contributed by atoms with Gasteiger partial charge in [-0.25, -0.2) is 0 Å². The van der Waals surface area contributed by atoms with Crippen LogP contribution >= 0.6 is 11.8 Å². The van der Waals surface area contributed by atoms with Crippen molar-refractivity contribution in [1.82, 2.24) is 5.32 Å². The molecule has 2 N–H and O–H groups in total. The Morgan fingerprint density at radius 3 is 2.50 bits per heavy atom. The van der Waals surface area contributed by atoms with Gasteiger partial charge in [0, 0.05) is 11.8 Å². The SMILES string of the molecule is CCC1C[C@H](C(=O)NCC(C)SC)[C@H](C(=O)O)C1. The number of carboxylic acids is 1. The first-order chi connectivity index (χ1) is 8.49. The van der Waals surface area contributed by atoms with Gasteiger partial charge in [-0.3, -0.25) is 9.59 Å². The average molecular weight is 273 g/mol. The average Bonchev–Trinajstić information content (AvgIpc) is 2.79. The standard InChI is InChI=1S/C13H23NO3S/c1-4-9-5-10(11(6-9)13(16)17)12(15)14-7-8(2)18-3/h8-11H,4-7H2,1-3H3,(H,14,15)(H,16,17)/t8?,9?,10-,11+/m0/s1. The predicted molar refractivity (Wildman–Crippen MR) is 73.6 cm³/mol. The van der Waals surface area contributed by atoms with Gasteiger partial charge in [0.25, 0.3) is 0 Å². The molecule has 1 saturated carbocycles. The molecule has 1 aliphatic rings. The number of nitrogens with one attached hydrogen (secondary N) is 1. The molecule has 0 aromatic heterocycles. The Balaban J connectivity index is 2.56. The molecule has 1 fully saturated rings. The number of hydrogen-bond acceptors (Lipinski definition) is 3.